The molecule has 0 bridgehead atoms. The third-order valence-corrected chi connectivity index (χ3v) is 6.45. The van der Waals surface area contributed by atoms with Crippen LogP contribution >= 0.6 is 0 Å². The number of likely N-dealkylation sites (tertiary alicyclic amines) is 1. The fourth-order valence-electron chi connectivity index (χ4n) is 4.78. The molecule has 1 aliphatic heterocycles. The number of piperidine rings is 1. The molecular weight excluding hydrogens is 416 g/mol. The summed E-state index contributed by atoms with van der Waals surface area (Å²) in [7, 11) is 0. The molecule has 0 unspecified atom stereocenters. The molecule has 0 aliphatic carbocycles. The molecule has 3 N–H and O–H groups in total. The Hall–Kier alpha value is -3.61. The van der Waals surface area contributed by atoms with Crippen molar-refractivity contribution in [3.8, 4) is 11.1 Å². The highest BCUT2D eigenvalue weighted by Gasteiger charge is 2.43. The molecule has 2 amide bonds. The third kappa shape index (κ3) is 4.92. The summed E-state index contributed by atoms with van der Waals surface area (Å²) < 4.78 is 0. The zero-order chi connectivity index (χ0) is 23.3. The number of carbonyl (C=O) groups is 2. The van der Waals surface area contributed by atoms with Crippen molar-refractivity contribution in [2.24, 2.45) is 5.41 Å². The van der Waals surface area contributed by atoms with Crippen LogP contribution in [0.15, 0.2) is 65.6 Å². The van der Waals surface area contributed by atoms with Gasteiger partial charge in [-0.1, -0.05) is 54.6 Å². The van der Waals surface area contributed by atoms with Crippen LogP contribution in [-0.2, 0) is 22.4 Å². The Morgan fingerprint density at radius 2 is 1.82 bits per heavy atom. The van der Waals surface area contributed by atoms with E-state index in [1.54, 1.807) is 4.90 Å². The van der Waals surface area contributed by atoms with Crippen LogP contribution in [0.1, 0.15) is 30.9 Å². The summed E-state index contributed by atoms with van der Waals surface area (Å²) in [6.07, 6.45) is 3.52. The summed E-state index contributed by atoms with van der Waals surface area (Å²) in [6, 6.07) is 18.3. The lowest BCUT2D eigenvalue weighted by Gasteiger charge is -2.42. The average Bonchev–Trinajstić information content (AvgIpc) is 3.24. The van der Waals surface area contributed by atoms with Gasteiger partial charge in [-0.05, 0) is 42.9 Å². The molecule has 0 radical (unpaired) electrons. The Morgan fingerprint density at radius 3 is 2.55 bits per heavy atom. The zero-order valence-electron chi connectivity index (χ0n) is 18.9. The number of amides is 2. The van der Waals surface area contributed by atoms with Gasteiger partial charge in [-0.2, -0.15) is 0 Å². The summed E-state index contributed by atoms with van der Waals surface area (Å²) >= 11 is 0. The van der Waals surface area contributed by atoms with E-state index in [1.165, 1.54) is 6.20 Å². The largest absolute Gasteiger partial charge is 0.356 e. The first-order valence-electron chi connectivity index (χ1n) is 11.5. The van der Waals surface area contributed by atoms with E-state index in [0.717, 1.165) is 23.1 Å². The fraction of sp³-hybridized carbons (Fsp3) is 0.346. The lowest BCUT2D eigenvalue weighted by molar-refractivity contribution is -0.141. The van der Waals surface area contributed by atoms with Crippen molar-refractivity contribution in [1.29, 1.82) is 0 Å². The molecule has 1 aliphatic rings. The first-order chi connectivity index (χ1) is 16.0. The predicted molar refractivity (Wildman–Crippen MR) is 128 cm³/mol. The number of nitrogens with one attached hydrogen (secondary N) is 3. The number of carbonyl (C=O) groups excluding carboxylic acids is 2. The number of aromatic nitrogens is 2. The fourth-order valence-corrected chi connectivity index (χ4v) is 4.78. The Labute approximate surface area is 193 Å². The van der Waals surface area contributed by atoms with Gasteiger partial charge in [-0.15, -0.1) is 0 Å². The van der Waals surface area contributed by atoms with E-state index < -0.39 is 5.41 Å². The van der Waals surface area contributed by atoms with Crippen molar-refractivity contribution in [3.63, 3.8) is 0 Å². The number of rotatable bonds is 7. The van der Waals surface area contributed by atoms with Crippen molar-refractivity contribution in [2.75, 3.05) is 19.6 Å². The zero-order valence-corrected chi connectivity index (χ0v) is 18.9. The van der Waals surface area contributed by atoms with Gasteiger partial charge in [0.05, 0.1) is 11.8 Å². The molecule has 1 atom stereocenters. The summed E-state index contributed by atoms with van der Waals surface area (Å²) in [6.45, 7) is 3.37. The van der Waals surface area contributed by atoms with E-state index in [9.17, 15) is 14.4 Å². The Morgan fingerprint density at radius 1 is 1.06 bits per heavy atom. The molecule has 0 saturated carbocycles. The molecule has 1 saturated heterocycles. The van der Waals surface area contributed by atoms with E-state index in [4.69, 9.17) is 0 Å². The van der Waals surface area contributed by atoms with Gasteiger partial charge in [0.25, 0.3) is 5.56 Å². The van der Waals surface area contributed by atoms with Crippen LogP contribution in [0.3, 0.4) is 0 Å². The molecule has 0 spiro atoms. The minimum atomic E-state index is -0.723. The molecule has 33 heavy (non-hydrogen) atoms. The van der Waals surface area contributed by atoms with Crippen LogP contribution in [0.5, 0.6) is 0 Å². The highest BCUT2D eigenvalue weighted by molar-refractivity contribution is 5.86. The molecule has 1 fully saturated rings. The lowest BCUT2D eigenvalue weighted by Crippen LogP contribution is -2.54. The SMILES string of the molecule is CCNC(=O)[C@@]1(Cc2ccccc2-c2ccccc2)CCCN(C(=O)Cc2c[nH][nH]c2=O)C1. The summed E-state index contributed by atoms with van der Waals surface area (Å²) in [4.78, 5) is 40.1. The monoisotopic (exact) mass is 446 g/mol. The van der Waals surface area contributed by atoms with Crippen LogP contribution in [0.4, 0.5) is 0 Å². The summed E-state index contributed by atoms with van der Waals surface area (Å²) in [5.41, 5.74) is 2.69. The minimum Gasteiger partial charge on any atom is -0.356 e. The van der Waals surface area contributed by atoms with Crippen LogP contribution in [0, 0.1) is 5.41 Å². The quantitative estimate of drug-likeness (QED) is 0.520. The smallest absolute Gasteiger partial charge is 0.267 e. The Kier molecular flexibility index (Phi) is 6.77. The van der Waals surface area contributed by atoms with Gasteiger partial charge in [0.15, 0.2) is 0 Å². The molecule has 2 aromatic carbocycles. The molecule has 1 aromatic heterocycles. The first kappa shape index (κ1) is 22.6. The summed E-state index contributed by atoms with van der Waals surface area (Å²) in [5.74, 6) is -0.158. The lowest BCUT2D eigenvalue weighted by atomic mass is 9.73. The normalized spacial score (nSPS) is 18.2. The second-order valence-electron chi connectivity index (χ2n) is 8.70. The number of hydrogen-bond acceptors (Lipinski definition) is 3. The van der Waals surface area contributed by atoms with Gasteiger partial charge in [-0.3, -0.25) is 19.5 Å². The molecule has 3 aromatic rings. The van der Waals surface area contributed by atoms with Crippen molar-refractivity contribution in [2.45, 2.75) is 32.6 Å². The standard InChI is InChI=1S/C26H30N4O3/c1-2-27-25(33)26(16-20-11-6-7-12-22(20)19-9-4-3-5-10-19)13-8-14-30(18-26)23(31)15-21-17-28-29-24(21)32/h3-7,9-12,17H,2,8,13-16,18H2,1H3,(H,27,33)(H2,28,29,32)/t26-/m1/s1. The van der Waals surface area contributed by atoms with Gasteiger partial charge >= 0.3 is 0 Å². The predicted octanol–water partition coefficient (Wildman–Crippen LogP) is 2.90. The molecule has 172 valence electrons. The van der Waals surface area contributed by atoms with E-state index in [0.29, 0.717) is 38.0 Å². The number of benzene rings is 2. The molecule has 7 heteroatoms. The first-order valence-corrected chi connectivity index (χ1v) is 11.5. The van der Waals surface area contributed by atoms with E-state index >= 15 is 0 Å². The van der Waals surface area contributed by atoms with Gasteiger partial charge in [0.1, 0.15) is 0 Å². The Balaban J connectivity index is 1.63. The second-order valence-corrected chi connectivity index (χ2v) is 8.70. The highest BCUT2D eigenvalue weighted by Crippen LogP contribution is 2.37. The van der Waals surface area contributed by atoms with Gasteiger partial charge in [0.2, 0.25) is 11.8 Å². The molecular formula is C26H30N4O3. The topological polar surface area (TPSA) is 98.1 Å². The minimum absolute atomic E-state index is 0.0188. The average molecular weight is 447 g/mol. The third-order valence-electron chi connectivity index (χ3n) is 6.45. The van der Waals surface area contributed by atoms with Gasteiger partial charge in [0, 0.05) is 31.4 Å². The van der Waals surface area contributed by atoms with Crippen molar-refractivity contribution in [3.05, 3.63) is 82.3 Å². The maximum absolute atomic E-state index is 13.4. The van der Waals surface area contributed by atoms with Gasteiger partial charge < -0.3 is 15.3 Å². The van der Waals surface area contributed by atoms with Crippen LogP contribution in [-0.4, -0.2) is 46.5 Å². The van der Waals surface area contributed by atoms with E-state index in [-0.39, 0.29) is 23.8 Å². The number of H-pyrrole nitrogens is 2. The molecule has 4 rings (SSSR count). The van der Waals surface area contributed by atoms with E-state index in [1.807, 2.05) is 37.3 Å². The van der Waals surface area contributed by atoms with Crippen LogP contribution in [0.25, 0.3) is 11.1 Å². The molecule has 7 nitrogen and oxygen atoms in total. The number of hydrogen-bond donors (Lipinski definition) is 3. The second kappa shape index (κ2) is 9.90. The van der Waals surface area contributed by atoms with Crippen LogP contribution in [0.2, 0.25) is 0 Å². The maximum atomic E-state index is 13.4. The number of nitrogens with zero attached hydrogens (tertiary/aromatic N) is 1. The van der Waals surface area contributed by atoms with Gasteiger partial charge in [-0.25, -0.2) is 0 Å². The maximum Gasteiger partial charge on any atom is 0.267 e. The Bertz CT molecular complexity index is 1170. The van der Waals surface area contributed by atoms with Crippen LogP contribution < -0.4 is 10.9 Å². The van der Waals surface area contributed by atoms with Crippen molar-refractivity contribution in [1.82, 2.24) is 20.4 Å². The van der Waals surface area contributed by atoms with Crippen molar-refractivity contribution >= 4 is 11.8 Å². The summed E-state index contributed by atoms with van der Waals surface area (Å²) in [5, 5.41) is 8.12. The van der Waals surface area contributed by atoms with Crippen molar-refractivity contribution < 1.29 is 9.59 Å². The highest BCUT2D eigenvalue weighted by atomic mass is 16.2. The number of aromatic amines is 2. The molecule has 2 heterocycles. The van der Waals surface area contributed by atoms with E-state index in [2.05, 4.69) is 39.8 Å².